The molecule has 2 aromatic rings. The normalized spacial score (nSPS) is 13.9. The standard InChI is InChI=1S/C13H13O3P/c1-17(14,13-10-6-3-7-11-13)16-15-12-8-4-2-5-9-12/h2-11H,1H3. The number of para-hydroxylation sites is 1. The minimum atomic E-state index is -2.93. The minimum Gasteiger partial charge on any atom is -0.331 e. The maximum absolute atomic E-state index is 12.2. The Morgan fingerprint density at radius 1 is 0.882 bits per heavy atom. The minimum absolute atomic E-state index is 0.533. The highest BCUT2D eigenvalue weighted by Crippen LogP contribution is 2.41. The zero-order chi connectivity index (χ0) is 12.1. The van der Waals surface area contributed by atoms with Crippen LogP contribution in [0.3, 0.4) is 0 Å². The highest BCUT2D eigenvalue weighted by Gasteiger charge is 2.21. The molecule has 0 aliphatic rings. The van der Waals surface area contributed by atoms with E-state index < -0.39 is 7.37 Å². The van der Waals surface area contributed by atoms with Crippen molar-refractivity contribution in [3.05, 3.63) is 60.7 Å². The fourth-order valence-corrected chi connectivity index (χ4v) is 2.36. The molecule has 0 saturated carbocycles. The summed E-state index contributed by atoms with van der Waals surface area (Å²) < 4.78 is 17.3. The fourth-order valence-electron chi connectivity index (χ4n) is 1.33. The molecule has 88 valence electrons. The molecule has 17 heavy (non-hydrogen) atoms. The number of rotatable bonds is 4. The van der Waals surface area contributed by atoms with Crippen molar-refractivity contribution in [2.24, 2.45) is 0 Å². The first-order valence-electron chi connectivity index (χ1n) is 5.23. The van der Waals surface area contributed by atoms with Crippen LogP contribution in [0.2, 0.25) is 0 Å². The predicted octanol–water partition coefficient (Wildman–Crippen LogP) is 3.23. The Balaban J connectivity index is 2.06. The van der Waals surface area contributed by atoms with E-state index in [4.69, 9.17) is 9.56 Å². The van der Waals surface area contributed by atoms with Crippen molar-refractivity contribution in [1.29, 1.82) is 0 Å². The van der Waals surface area contributed by atoms with Gasteiger partial charge in [-0.2, -0.15) is 0 Å². The lowest BCUT2D eigenvalue weighted by Crippen LogP contribution is -2.07. The van der Waals surface area contributed by atoms with Gasteiger partial charge in [0.2, 0.25) is 0 Å². The van der Waals surface area contributed by atoms with Crippen LogP contribution in [-0.2, 0) is 9.24 Å². The summed E-state index contributed by atoms with van der Waals surface area (Å²) in [4.78, 5) is 5.06. The number of hydrogen-bond donors (Lipinski definition) is 0. The second-order valence-corrected chi connectivity index (χ2v) is 6.01. The first-order chi connectivity index (χ1) is 8.18. The lowest BCUT2D eigenvalue weighted by Gasteiger charge is -2.12. The van der Waals surface area contributed by atoms with Crippen LogP contribution in [0.25, 0.3) is 0 Å². The fraction of sp³-hybridized carbons (Fsp3) is 0.0769. The smallest absolute Gasteiger partial charge is 0.272 e. The molecule has 2 aromatic carbocycles. The topological polar surface area (TPSA) is 35.5 Å². The van der Waals surface area contributed by atoms with Gasteiger partial charge in [-0.1, -0.05) is 36.4 Å². The number of benzene rings is 2. The molecule has 0 radical (unpaired) electrons. The van der Waals surface area contributed by atoms with E-state index in [-0.39, 0.29) is 0 Å². The molecule has 1 unspecified atom stereocenters. The Kier molecular flexibility index (Phi) is 3.62. The highest BCUT2D eigenvalue weighted by molar-refractivity contribution is 7.66. The van der Waals surface area contributed by atoms with E-state index in [1.807, 2.05) is 36.4 Å². The van der Waals surface area contributed by atoms with Crippen LogP contribution in [0.1, 0.15) is 0 Å². The van der Waals surface area contributed by atoms with Gasteiger partial charge in [-0.15, -0.1) is 4.67 Å². The van der Waals surface area contributed by atoms with Crippen LogP contribution in [0.5, 0.6) is 5.75 Å². The van der Waals surface area contributed by atoms with E-state index in [0.29, 0.717) is 11.1 Å². The van der Waals surface area contributed by atoms with Gasteiger partial charge >= 0.3 is 0 Å². The summed E-state index contributed by atoms with van der Waals surface area (Å²) in [6, 6.07) is 18.0. The molecule has 0 aliphatic carbocycles. The number of hydrogen-bond acceptors (Lipinski definition) is 3. The second-order valence-electron chi connectivity index (χ2n) is 3.65. The molecule has 0 heterocycles. The van der Waals surface area contributed by atoms with Crippen molar-refractivity contribution in [3.63, 3.8) is 0 Å². The molecule has 1 atom stereocenters. The summed E-state index contributed by atoms with van der Waals surface area (Å²) in [6.07, 6.45) is 0. The van der Waals surface area contributed by atoms with Gasteiger partial charge in [-0.05, 0) is 24.3 Å². The highest BCUT2D eigenvalue weighted by atomic mass is 31.2. The van der Waals surface area contributed by atoms with Gasteiger partial charge in [0.05, 0.1) is 0 Å². The van der Waals surface area contributed by atoms with E-state index in [2.05, 4.69) is 0 Å². The summed E-state index contributed by atoms with van der Waals surface area (Å²) in [5.74, 6) is 0.533. The van der Waals surface area contributed by atoms with Crippen LogP contribution in [0.4, 0.5) is 0 Å². The molecule has 4 heteroatoms. The second kappa shape index (κ2) is 5.17. The molecule has 0 spiro atoms. The Morgan fingerprint density at radius 2 is 1.41 bits per heavy atom. The molecule has 2 rings (SSSR count). The van der Waals surface area contributed by atoms with Crippen LogP contribution in [-0.4, -0.2) is 6.66 Å². The van der Waals surface area contributed by atoms with Crippen LogP contribution in [0.15, 0.2) is 60.7 Å². The Morgan fingerprint density at radius 3 is 2.00 bits per heavy atom. The van der Waals surface area contributed by atoms with Gasteiger partial charge < -0.3 is 4.89 Å². The first kappa shape index (κ1) is 11.9. The zero-order valence-corrected chi connectivity index (χ0v) is 10.3. The van der Waals surface area contributed by atoms with E-state index in [9.17, 15) is 4.57 Å². The summed E-state index contributed by atoms with van der Waals surface area (Å²) in [6.45, 7) is 1.53. The molecule has 0 N–H and O–H groups in total. The summed E-state index contributed by atoms with van der Waals surface area (Å²) in [5.41, 5.74) is 0. The van der Waals surface area contributed by atoms with Crippen LogP contribution < -0.4 is 10.2 Å². The molecular formula is C13H13O3P. The van der Waals surface area contributed by atoms with Crippen molar-refractivity contribution in [3.8, 4) is 5.75 Å². The molecule has 0 bridgehead atoms. The SMILES string of the molecule is CP(=O)(OOc1ccccc1)c1ccccc1. The van der Waals surface area contributed by atoms with Crippen LogP contribution in [0, 0.1) is 0 Å². The summed E-state index contributed by atoms with van der Waals surface area (Å²) in [7, 11) is -2.93. The predicted molar refractivity (Wildman–Crippen MR) is 67.8 cm³/mol. The van der Waals surface area contributed by atoms with Gasteiger partial charge in [0, 0.05) is 12.0 Å². The van der Waals surface area contributed by atoms with Gasteiger partial charge in [-0.3, -0.25) is 4.57 Å². The quantitative estimate of drug-likeness (QED) is 0.473. The summed E-state index contributed by atoms with van der Waals surface area (Å²) >= 11 is 0. The van der Waals surface area contributed by atoms with Gasteiger partial charge in [0.1, 0.15) is 0 Å². The van der Waals surface area contributed by atoms with Crippen LogP contribution >= 0.6 is 7.37 Å². The largest absolute Gasteiger partial charge is 0.331 e. The lowest BCUT2D eigenvalue weighted by molar-refractivity contribution is -0.0944. The maximum atomic E-state index is 12.2. The van der Waals surface area contributed by atoms with Gasteiger partial charge in [0.25, 0.3) is 7.37 Å². The van der Waals surface area contributed by atoms with Crippen molar-refractivity contribution in [1.82, 2.24) is 0 Å². The van der Waals surface area contributed by atoms with Crippen molar-refractivity contribution in [2.45, 2.75) is 0 Å². The summed E-state index contributed by atoms with van der Waals surface area (Å²) in [5, 5.41) is 0.635. The molecule has 3 nitrogen and oxygen atoms in total. The molecule has 0 aliphatic heterocycles. The van der Waals surface area contributed by atoms with E-state index in [1.165, 1.54) is 6.66 Å². The van der Waals surface area contributed by atoms with Crippen molar-refractivity contribution >= 4 is 12.7 Å². The third kappa shape index (κ3) is 3.19. The Hall–Kier alpha value is -1.57. The Bertz CT molecular complexity index is 511. The lowest BCUT2D eigenvalue weighted by atomic mass is 10.3. The van der Waals surface area contributed by atoms with E-state index in [1.54, 1.807) is 24.3 Å². The molecular weight excluding hydrogens is 235 g/mol. The first-order valence-corrected chi connectivity index (χ1v) is 7.30. The maximum Gasteiger partial charge on any atom is 0.272 e. The van der Waals surface area contributed by atoms with E-state index >= 15 is 0 Å². The third-order valence-corrected chi connectivity index (χ3v) is 3.84. The van der Waals surface area contributed by atoms with Crippen molar-refractivity contribution < 1.29 is 14.1 Å². The molecule has 0 fully saturated rings. The van der Waals surface area contributed by atoms with Gasteiger partial charge in [-0.25, -0.2) is 0 Å². The Labute approximate surface area is 100 Å². The molecule has 0 aromatic heterocycles. The van der Waals surface area contributed by atoms with E-state index in [0.717, 1.165) is 0 Å². The van der Waals surface area contributed by atoms with Crippen molar-refractivity contribution in [2.75, 3.05) is 6.66 Å². The zero-order valence-electron chi connectivity index (χ0n) is 9.45. The average Bonchev–Trinajstić information content (AvgIpc) is 2.39. The average molecular weight is 248 g/mol. The molecule has 0 amide bonds. The monoisotopic (exact) mass is 248 g/mol. The third-order valence-electron chi connectivity index (χ3n) is 2.24. The van der Waals surface area contributed by atoms with Gasteiger partial charge in [0.15, 0.2) is 5.75 Å². The molecule has 0 saturated heterocycles.